The van der Waals surface area contributed by atoms with E-state index in [0.29, 0.717) is 25.6 Å². The molecule has 2 aromatic rings. The third kappa shape index (κ3) is 4.68. The van der Waals surface area contributed by atoms with E-state index < -0.39 is 29.2 Å². The Labute approximate surface area is 222 Å². The number of β-amino-alcohol motifs (C(OH)–C–C–N with tert-alkyl or cyclic N) is 1. The van der Waals surface area contributed by atoms with Crippen molar-refractivity contribution in [2.24, 2.45) is 5.41 Å². The quantitative estimate of drug-likeness (QED) is 0.618. The molecule has 2 amide bonds. The van der Waals surface area contributed by atoms with Gasteiger partial charge in [0.2, 0.25) is 11.8 Å². The van der Waals surface area contributed by atoms with Gasteiger partial charge in [-0.2, -0.15) is 0 Å². The Morgan fingerprint density at radius 2 is 2.03 bits per heavy atom. The van der Waals surface area contributed by atoms with Crippen molar-refractivity contribution in [2.75, 3.05) is 19.8 Å². The van der Waals surface area contributed by atoms with Crippen LogP contribution in [0.15, 0.2) is 30.5 Å². The minimum atomic E-state index is -0.778. The van der Waals surface area contributed by atoms with Gasteiger partial charge in [0.1, 0.15) is 23.4 Å². The predicted molar refractivity (Wildman–Crippen MR) is 137 cm³/mol. The Hall–Kier alpha value is -2.98. The molecule has 10 heteroatoms. The van der Waals surface area contributed by atoms with Gasteiger partial charge in [0, 0.05) is 43.5 Å². The van der Waals surface area contributed by atoms with E-state index in [1.807, 2.05) is 51.2 Å². The fraction of sp³-hybridized carbons (Fsp3) is 0.643. The summed E-state index contributed by atoms with van der Waals surface area (Å²) in [5, 5.41) is 22.4. The Morgan fingerprint density at radius 1 is 1.24 bits per heavy atom. The second kappa shape index (κ2) is 9.34. The summed E-state index contributed by atoms with van der Waals surface area (Å²) in [6, 6.07) is 6.04. The minimum absolute atomic E-state index is 0.107. The van der Waals surface area contributed by atoms with Crippen LogP contribution in [0.5, 0.6) is 5.75 Å². The Balaban J connectivity index is 1.24. The van der Waals surface area contributed by atoms with Crippen LogP contribution >= 0.6 is 0 Å². The molecule has 0 radical (unpaired) electrons. The second-order valence-electron chi connectivity index (χ2n) is 12.5. The molecular weight excluding hydrogens is 486 g/mol. The zero-order valence-electron chi connectivity index (χ0n) is 22.3. The first-order chi connectivity index (χ1) is 18.1. The Bertz CT molecular complexity index is 1210. The monoisotopic (exact) mass is 523 g/mol. The third-order valence-electron chi connectivity index (χ3n) is 8.29. The molecule has 6 rings (SSSR count). The van der Waals surface area contributed by atoms with Crippen LogP contribution in [-0.2, 0) is 14.3 Å². The number of hydrogen-bond acceptors (Lipinski definition) is 7. The Morgan fingerprint density at radius 3 is 2.74 bits per heavy atom. The van der Waals surface area contributed by atoms with Gasteiger partial charge in [-0.1, -0.05) is 44.2 Å². The summed E-state index contributed by atoms with van der Waals surface area (Å²) in [5.41, 5.74) is 0.874. The summed E-state index contributed by atoms with van der Waals surface area (Å²) < 4.78 is 13.6. The molecular formula is C28H37N5O5. The number of benzene rings is 1. The maximum absolute atomic E-state index is 14.1. The van der Waals surface area contributed by atoms with Crippen molar-refractivity contribution in [1.82, 2.24) is 25.2 Å². The van der Waals surface area contributed by atoms with Crippen LogP contribution in [-0.4, -0.2) is 74.3 Å². The lowest BCUT2D eigenvalue weighted by Gasteiger charge is -2.40. The van der Waals surface area contributed by atoms with E-state index in [1.165, 1.54) is 4.90 Å². The van der Waals surface area contributed by atoms with E-state index in [0.717, 1.165) is 36.3 Å². The minimum Gasteiger partial charge on any atom is -0.484 e. The van der Waals surface area contributed by atoms with Gasteiger partial charge in [0.05, 0.1) is 31.1 Å². The highest BCUT2D eigenvalue weighted by atomic mass is 16.6. The molecule has 4 heterocycles. The first-order valence-corrected chi connectivity index (χ1v) is 13.7. The number of carbonyl (C=O) groups is 2. The van der Waals surface area contributed by atoms with Gasteiger partial charge in [0.25, 0.3) is 0 Å². The van der Waals surface area contributed by atoms with Crippen LogP contribution in [0.25, 0.3) is 0 Å². The maximum atomic E-state index is 14.1. The molecule has 2 unspecified atom stereocenters. The van der Waals surface area contributed by atoms with Crippen molar-refractivity contribution >= 4 is 11.8 Å². The average molecular weight is 524 g/mol. The molecule has 1 saturated carbocycles. The van der Waals surface area contributed by atoms with Gasteiger partial charge in [-0.15, -0.1) is 5.10 Å². The van der Waals surface area contributed by atoms with Crippen LogP contribution in [0.1, 0.15) is 82.1 Å². The van der Waals surface area contributed by atoms with Gasteiger partial charge in [-0.05, 0) is 24.3 Å². The number of hydrogen-bond donors (Lipinski definition) is 2. The summed E-state index contributed by atoms with van der Waals surface area (Å²) in [6.07, 6.45) is 4.82. The molecule has 3 aliphatic heterocycles. The molecule has 3 fully saturated rings. The molecule has 1 aliphatic carbocycles. The highest BCUT2D eigenvalue weighted by Crippen LogP contribution is 2.44. The normalized spacial score (nSPS) is 29.7. The topological polar surface area (TPSA) is 119 Å². The number of likely N-dealkylation sites (tertiary alicyclic amines) is 1. The molecule has 4 aliphatic rings. The van der Waals surface area contributed by atoms with E-state index in [-0.39, 0.29) is 30.8 Å². The van der Waals surface area contributed by atoms with E-state index in [1.54, 1.807) is 4.68 Å². The largest absolute Gasteiger partial charge is 0.484 e. The third-order valence-corrected chi connectivity index (χ3v) is 8.29. The van der Waals surface area contributed by atoms with Crippen molar-refractivity contribution in [3.8, 4) is 5.75 Å². The van der Waals surface area contributed by atoms with Gasteiger partial charge in [-0.25, -0.2) is 4.68 Å². The fourth-order valence-electron chi connectivity index (χ4n) is 6.17. The summed E-state index contributed by atoms with van der Waals surface area (Å²) in [4.78, 5) is 29.4. The molecule has 2 saturated heterocycles. The first-order valence-electron chi connectivity index (χ1n) is 13.7. The van der Waals surface area contributed by atoms with Gasteiger partial charge < -0.3 is 24.8 Å². The standard InChI is InChI=1S/C28H37N5O5/c1-27(2,3)24(33-15-21(30-31-33)17-8-9-17)26(36)32-14-18(34)12-22(32)25(35)29-20-13-28(10-11-37-16-28)38-23-7-5-4-6-19(20)23/h4-7,15,17-18,20,22,24,34H,8-14,16H2,1-3H3,(H,29,35)/t18-,20?,22+,24+,28?/m1/s1. The van der Waals surface area contributed by atoms with Crippen LogP contribution in [0, 0.1) is 5.41 Å². The molecule has 38 heavy (non-hydrogen) atoms. The zero-order valence-corrected chi connectivity index (χ0v) is 22.3. The number of aromatic nitrogens is 3. The number of aliphatic hydroxyl groups excluding tert-OH is 1. The molecule has 204 valence electrons. The van der Waals surface area contributed by atoms with Crippen LogP contribution in [0.4, 0.5) is 0 Å². The smallest absolute Gasteiger partial charge is 0.248 e. The number of fused-ring (bicyclic) bond motifs is 1. The maximum Gasteiger partial charge on any atom is 0.248 e. The predicted octanol–water partition coefficient (Wildman–Crippen LogP) is 2.50. The summed E-state index contributed by atoms with van der Waals surface area (Å²) in [7, 11) is 0. The van der Waals surface area contributed by atoms with Crippen LogP contribution in [0.3, 0.4) is 0 Å². The van der Waals surface area contributed by atoms with Gasteiger partial charge in [0.15, 0.2) is 0 Å². The van der Waals surface area contributed by atoms with Crippen LogP contribution in [0.2, 0.25) is 0 Å². The van der Waals surface area contributed by atoms with Crippen molar-refractivity contribution in [3.63, 3.8) is 0 Å². The molecule has 1 spiro atoms. The number of nitrogens with zero attached hydrogens (tertiary/aromatic N) is 4. The number of para-hydroxylation sites is 1. The number of nitrogens with one attached hydrogen (secondary N) is 1. The zero-order chi connectivity index (χ0) is 26.7. The van der Waals surface area contributed by atoms with Crippen LogP contribution < -0.4 is 10.1 Å². The molecule has 5 atom stereocenters. The lowest BCUT2D eigenvalue weighted by Crippen LogP contribution is -2.52. The highest BCUT2D eigenvalue weighted by Gasteiger charge is 2.48. The molecule has 10 nitrogen and oxygen atoms in total. The number of ether oxygens (including phenoxy) is 2. The van der Waals surface area contributed by atoms with E-state index in [4.69, 9.17) is 9.47 Å². The molecule has 1 aromatic carbocycles. The molecule has 2 N–H and O–H groups in total. The number of aliphatic hydroxyl groups is 1. The molecule has 1 aromatic heterocycles. The number of carbonyl (C=O) groups excluding carboxylic acids is 2. The van der Waals surface area contributed by atoms with E-state index in [9.17, 15) is 14.7 Å². The Kier molecular flexibility index (Phi) is 6.22. The van der Waals surface area contributed by atoms with Crippen molar-refractivity contribution in [2.45, 2.75) is 88.6 Å². The summed E-state index contributed by atoms with van der Waals surface area (Å²) in [5.74, 6) is 0.673. The van der Waals surface area contributed by atoms with Gasteiger partial charge >= 0.3 is 0 Å². The van der Waals surface area contributed by atoms with E-state index >= 15 is 0 Å². The van der Waals surface area contributed by atoms with Crippen molar-refractivity contribution < 1.29 is 24.2 Å². The lowest BCUT2D eigenvalue weighted by molar-refractivity contribution is -0.144. The summed E-state index contributed by atoms with van der Waals surface area (Å²) in [6.45, 7) is 7.16. The first kappa shape index (κ1) is 25.3. The number of amides is 2. The van der Waals surface area contributed by atoms with E-state index in [2.05, 4.69) is 15.6 Å². The highest BCUT2D eigenvalue weighted by molar-refractivity contribution is 5.90. The lowest BCUT2D eigenvalue weighted by atomic mass is 9.85. The van der Waals surface area contributed by atoms with Crippen molar-refractivity contribution in [3.05, 3.63) is 41.7 Å². The molecule has 0 bridgehead atoms. The SMILES string of the molecule is CC(C)(C)[C@H](C(=O)N1C[C@H](O)C[C@H]1C(=O)NC1CC2(CCOC2)Oc2ccccc21)n1cc(C2CC2)nn1. The second-order valence-corrected chi connectivity index (χ2v) is 12.5. The fourth-order valence-corrected chi connectivity index (χ4v) is 6.17. The van der Waals surface area contributed by atoms with Crippen molar-refractivity contribution in [1.29, 1.82) is 0 Å². The summed E-state index contributed by atoms with van der Waals surface area (Å²) >= 11 is 0. The van der Waals surface area contributed by atoms with Gasteiger partial charge in [-0.3, -0.25) is 9.59 Å². The average Bonchev–Trinajstić information content (AvgIpc) is 3.23. The number of rotatable bonds is 5.